The number of ether oxygens (including phenoxy) is 2. The van der Waals surface area contributed by atoms with E-state index < -0.39 is 0 Å². The quantitative estimate of drug-likeness (QED) is 0.455. The van der Waals surface area contributed by atoms with Crippen LogP contribution in [0.15, 0.2) is 34.4 Å². The van der Waals surface area contributed by atoms with Gasteiger partial charge in [0.15, 0.2) is 22.5 Å². The van der Waals surface area contributed by atoms with Gasteiger partial charge in [0.25, 0.3) is 0 Å². The minimum atomic E-state index is 0. The van der Waals surface area contributed by atoms with E-state index in [9.17, 15) is 0 Å². The van der Waals surface area contributed by atoms with Crippen LogP contribution in [0.3, 0.4) is 0 Å². The summed E-state index contributed by atoms with van der Waals surface area (Å²) >= 11 is 1.60. The monoisotopic (exact) mass is 496 g/mol. The lowest BCUT2D eigenvalue weighted by molar-refractivity contribution is 0.174. The van der Waals surface area contributed by atoms with Crippen molar-refractivity contribution >= 4 is 34.3 Å². The third kappa shape index (κ3) is 6.21. The predicted molar refractivity (Wildman–Crippen MR) is 136 cm³/mol. The zero-order chi connectivity index (χ0) is 22.2. The van der Waals surface area contributed by atoms with Crippen molar-refractivity contribution in [2.45, 2.75) is 37.4 Å². The van der Waals surface area contributed by atoms with E-state index in [1.807, 2.05) is 32.3 Å². The lowest BCUT2D eigenvalue weighted by Gasteiger charge is -2.20. The Labute approximate surface area is 203 Å². The maximum atomic E-state index is 6.14. The molecule has 1 aliphatic heterocycles. The van der Waals surface area contributed by atoms with E-state index in [2.05, 4.69) is 40.5 Å². The van der Waals surface area contributed by atoms with Crippen LogP contribution in [0.4, 0.5) is 11.5 Å². The van der Waals surface area contributed by atoms with Gasteiger partial charge in [0.1, 0.15) is 5.52 Å². The van der Waals surface area contributed by atoms with Crippen LogP contribution in [0.2, 0.25) is 0 Å². The highest BCUT2D eigenvalue weighted by Crippen LogP contribution is 2.44. The van der Waals surface area contributed by atoms with Gasteiger partial charge in [-0.15, -0.1) is 0 Å². The van der Waals surface area contributed by atoms with Crippen molar-refractivity contribution < 1.29 is 25.9 Å². The highest BCUT2D eigenvalue weighted by molar-refractivity contribution is 7.99. The molecule has 0 aliphatic carbocycles. The summed E-state index contributed by atoms with van der Waals surface area (Å²) in [7, 11) is 4.03. The van der Waals surface area contributed by atoms with Gasteiger partial charge in [0.05, 0.1) is 11.2 Å². The summed E-state index contributed by atoms with van der Waals surface area (Å²) in [4.78, 5) is 12.2. The van der Waals surface area contributed by atoms with Gasteiger partial charge in [0.2, 0.25) is 6.79 Å². The number of nitrogens with one attached hydrogen (secondary N) is 1. The first-order valence-corrected chi connectivity index (χ1v) is 11.1. The minimum absolute atomic E-state index is 0. The number of imidazole rings is 1. The van der Waals surface area contributed by atoms with Crippen LogP contribution in [-0.4, -0.2) is 64.9 Å². The summed E-state index contributed by atoms with van der Waals surface area (Å²) in [6.45, 7) is 9.48. The fourth-order valence-corrected chi connectivity index (χ4v) is 4.59. The molecule has 9 N–H and O–H groups in total. The predicted octanol–water partition coefficient (Wildman–Crippen LogP) is 1.12. The lowest BCUT2D eigenvalue weighted by Crippen LogP contribution is -2.29. The van der Waals surface area contributed by atoms with Crippen LogP contribution in [-0.2, 0) is 6.54 Å². The molecule has 0 spiro atoms. The number of nitrogens with two attached hydrogens (primary N) is 1. The molecule has 3 aromatic rings. The molecule has 0 saturated carbocycles. The minimum Gasteiger partial charge on any atom is -0.454 e. The second-order valence-electron chi connectivity index (χ2n) is 9.02. The second-order valence-corrected chi connectivity index (χ2v) is 10.0. The Hall–Kier alpha value is -2.77. The van der Waals surface area contributed by atoms with Gasteiger partial charge in [-0.25, -0.2) is 9.97 Å². The van der Waals surface area contributed by atoms with E-state index in [4.69, 9.17) is 20.2 Å². The first-order valence-electron chi connectivity index (χ1n) is 10.3. The first-order chi connectivity index (χ1) is 14.7. The van der Waals surface area contributed by atoms with Gasteiger partial charge in [0, 0.05) is 57.0 Å². The van der Waals surface area contributed by atoms with E-state index >= 15 is 0 Å². The normalized spacial score (nSPS) is 12.0. The summed E-state index contributed by atoms with van der Waals surface area (Å²) < 4.78 is 13.4. The highest BCUT2D eigenvalue weighted by Gasteiger charge is 2.22. The average molecular weight is 497 g/mol. The van der Waals surface area contributed by atoms with Gasteiger partial charge in [-0.3, -0.25) is 0 Å². The van der Waals surface area contributed by atoms with Crippen molar-refractivity contribution in [2.75, 3.05) is 44.6 Å². The standard InChI is InChI=1S/C22H30N6O2S.3H2O/c1-22(2,3)12-24-8-9-28-14-6-7-25-20(23)19(14)26-21(28)31-18-11-17-16(29-13-30-17)10-15(18)27(4)5;;;/h6-7,10-11,24H,8-9,12-13H2,1-5H3,(H2,23,25);3*1H2. The smallest absolute Gasteiger partial charge is 0.231 e. The molecular weight excluding hydrogens is 460 g/mol. The largest absolute Gasteiger partial charge is 0.454 e. The van der Waals surface area contributed by atoms with Crippen LogP contribution in [0.1, 0.15) is 20.8 Å². The molecule has 0 saturated heterocycles. The average Bonchev–Trinajstić information content (AvgIpc) is 3.29. The highest BCUT2D eigenvalue weighted by atomic mass is 32.2. The topological polar surface area (TPSA) is 185 Å². The third-order valence-corrected chi connectivity index (χ3v) is 6.01. The molecule has 12 heteroatoms. The Morgan fingerprint density at radius 2 is 1.82 bits per heavy atom. The second kappa shape index (κ2) is 11.6. The van der Waals surface area contributed by atoms with Crippen LogP contribution in [0.5, 0.6) is 11.5 Å². The number of rotatable bonds is 7. The van der Waals surface area contributed by atoms with E-state index in [0.717, 1.165) is 57.9 Å². The molecule has 0 bridgehead atoms. The van der Waals surface area contributed by atoms with Crippen LogP contribution < -0.4 is 25.4 Å². The van der Waals surface area contributed by atoms with Crippen molar-refractivity contribution in [3.8, 4) is 11.5 Å². The molecule has 0 atom stereocenters. The number of fused-ring (bicyclic) bond motifs is 2. The molecule has 34 heavy (non-hydrogen) atoms. The molecule has 11 nitrogen and oxygen atoms in total. The van der Waals surface area contributed by atoms with Gasteiger partial charge >= 0.3 is 0 Å². The number of benzene rings is 1. The first kappa shape index (κ1) is 29.3. The summed E-state index contributed by atoms with van der Waals surface area (Å²) in [6.07, 6.45) is 1.73. The maximum Gasteiger partial charge on any atom is 0.231 e. The number of anilines is 2. The molecule has 4 rings (SSSR count). The Bertz CT molecular complexity index is 1100. The Morgan fingerprint density at radius 1 is 1.15 bits per heavy atom. The molecule has 3 heterocycles. The lowest BCUT2D eigenvalue weighted by atomic mass is 9.97. The SMILES string of the molecule is CN(C)c1cc2c(cc1Sc1nc3c(N)nccc3n1CCNCC(C)(C)C)OCO2.O.O.O. The molecule has 190 valence electrons. The van der Waals surface area contributed by atoms with E-state index in [-0.39, 0.29) is 28.6 Å². The zero-order valence-corrected chi connectivity index (χ0v) is 21.0. The van der Waals surface area contributed by atoms with Gasteiger partial charge in [-0.05, 0) is 23.2 Å². The van der Waals surface area contributed by atoms with Gasteiger partial charge in [-0.2, -0.15) is 0 Å². The number of hydrogen-bond acceptors (Lipinski definition) is 8. The molecule has 0 radical (unpaired) electrons. The van der Waals surface area contributed by atoms with E-state index in [0.29, 0.717) is 5.82 Å². The molecule has 2 aromatic heterocycles. The summed E-state index contributed by atoms with van der Waals surface area (Å²) in [6, 6.07) is 6.00. The molecule has 1 aromatic carbocycles. The van der Waals surface area contributed by atoms with Crippen LogP contribution in [0.25, 0.3) is 11.0 Å². The Balaban J connectivity index is 0.00000193. The van der Waals surface area contributed by atoms with Crippen molar-refractivity contribution in [3.63, 3.8) is 0 Å². The maximum absolute atomic E-state index is 6.14. The van der Waals surface area contributed by atoms with E-state index in [1.165, 1.54) is 0 Å². The molecular formula is C22H36N6O5S. The van der Waals surface area contributed by atoms with Gasteiger partial charge in [-0.1, -0.05) is 20.8 Å². The van der Waals surface area contributed by atoms with Gasteiger partial charge < -0.3 is 46.4 Å². The van der Waals surface area contributed by atoms with E-state index in [1.54, 1.807) is 18.0 Å². The number of nitrogen functional groups attached to an aromatic ring is 1. The summed E-state index contributed by atoms with van der Waals surface area (Å²) in [5, 5.41) is 4.42. The van der Waals surface area contributed by atoms with Crippen LogP contribution in [0, 0.1) is 5.41 Å². The van der Waals surface area contributed by atoms with Crippen molar-refractivity contribution in [1.82, 2.24) is 19.9 Å². The number of aromatic nitrogens is 3. The van der Waals surface area contributed by atoms with Crippen molar-refractivity contribution in [3.05, 3.63) is 24.4 Å². The fraction of sp³-hybridized carbons (Fsp3) is 0.455. The van der Waals surface area contributed by atoms with Crippen molar-refractivity contribution in [1.29, 1.82) is 0 Å². The Kier molecular flexibility index (Phi) is 9.97. The molecule has 0 fully saturated rings. The molecule has 1 aliphatic rings. The fourth-order valence-electron chi connectivity index (χ4n) is 3.44. The third-order valence-electron chi connectivity index (χ3n) is 4.97. The number of nitrogens with zero attached hydrogens (tertiary/aromatic N) is 4. The number of hydrogen-bond donors (Lipinski definition) is 2. The molecule has 0 unspecified atom stereocenters. The zero-order valence-electron chi connectivity index (χ0n) is 20.2. The Morgan fingerprint density at radius 3 is 2.47 bits per heavy atom. The number of pyridine rings is 1. The summed E-state index contributed by atoms with van der Waals surface area (Å²) in [5.41, 5.74) is 9.13. The van der Waals surface area contributed by atoms with Crippen LogP contribution >= 0.6 is 11.8 Å². The molecule has 0 amide bonds. The van der Waals surface area contributed by atoms with Crippen molar-refractivity contribution in [2.24, 2.45) is 5.41 Å². The summed E-state index contributed by atoms with van der Waals surface area (Å²) in [5.74, 6) is 1.96.